The molecule has 1 aromatic carbocycles. The zero-order chi connectivity index (χ0) is 15.3. The Morgan fingerprint density at radius 2 is 2.15 bits per heavy atom. The van der Waals surface area contributed by atoms with E-state index in [4.69, 9.17) is 22.0 Å². The monoisotopic (exact) mass is 316 g/mol. The second kappa shape index (κ2) is 6.70. The van der Waals surface area contributed by atoms with E-state index in [0.717, 1.165) is 10.4 Å². The molecule has 1 N–H and O–H groups in total. The van der Waals surface area contributed by atoms with Crippen LogP contribution in [0.2, 0.25) is 5.02 Å². The fourth-order valence-corrected chi connectivity index (χ4v) is 3.55. The van der Waals surface area contributed by atoms with Crippen LogP contribution in [0.15, 0.2) is 23.1 Å². The first kappa shape index (κ1) is 16.4. The van der Waals surface area contributed by atoms with Crippen LogP contribution in [0.5, 0.6) is 0 Å². The fourth-order valence-electron chi connectivity index (χ4n) is 1.60. The minimum atomic E-state index is -3.92. The molecule has 0 aliphatic rings. The number of rotatable bonds is 6. The van der Waals surface area contributed by atoms with Gasteiger partial charge in [0.1, 0.15) is 4.90 Å². The van der Waals surface area contributed by atoms with Gasteiger partial charge in [0, 0.05) is 19.5 Å². The molecule has 0 saturated carbocycles. The summed E-state index contributed by atoms with van der Waals surface area (Å²) in [4.78, 5) is 10.6. The molecule has 0 atom stereocenters. The summed E-state index contributed by atoms with van der Waals surface area (Å²) >= 11 is 5.86. The molecule has 0 fully saturated rings. The summed E-state index contributed by atoms with van der Waals surface area (Å²) < 4.78 is 25.9. The Labute approximate surface area is 122 Å². The number of aromatic carboxylic acids is 1. The third kappa shape index (κ3) is 3.48. The van der Waals surface area contributed by atoms with E-state index in [1.165, 1.54) is 12.1 Å². The van der Waals surface area contributed by atoms with Crippen molar-refractivity contribution in [1.29, 1.82) is 5.26 Å². The van der Waals surface area contributed by atoms with Gasteiger partial charge in [-0.2, -0.15) is 9.57 Å². The van der Waals surface area contributed by atoms with Crippen LogP contribution in [0.25, 0.3) is 0 Å². The predicted molar refractivity (Wildman–Crippen MR) is 73.1 cm³/mol. The molecule has 0 saturated heterocycles. The zero-order valence-corrected chi connectivity index (χ0v) is 12.3. The van der Waals surface area contributed by atoms with Crippen molar-refractivity contribution in [1.82, 2.24) is 4.31 Å². The quantitative estimate of drug-likeness (QED) is 0.865. The zero-order valence-electron chi connectivity index (χ0n) is 10.7. The average Bonchev–Trinajstić information content (AvgIpc) is 2.39. The Kier molecular flexibility index (Phi) is 5.51. The molecule has 1 aromatic rings. The minimum absolute atomic E-state index is 0.0307. The van der Waals surface area contributed by atoms with E-state index >= 15 is 0 Å². The molecule has 6 nitrogen and oxygen atoms in total. The topological polar surface area (TPSA) is 98.5 Å². The lowest BCUT2D eigenvalue weighted by atomic mass is 10.2. The molecule has 20 heavy (non-hydrogen) atoms. The number of halogens is 1. The lowest BCUT2D eigenvalue weighted by Crippen LogP contribution is -2.32. The van der Waals surface area contributed by atoms with Gasteiger partial charge in [-0.05, 0) is 18.2 Å². The normalized spacial score (nSPS) is 11.3. The first-order valence-corrected chi connectivity index (χ1v) is 7.56. The SMILES string of the molecule is CCN(CCC#N)S(=O)(=O)c1cc(C(=O)O)ccc1Cl. The van der Waals surface area contributed by atoms with Crippen molar-refractivity contribution in [2.75, 3.05) is 13.1 Å². The van der Waals surface area contributed by atoms with Crippen molar-refractivity contribution < 1.29 is 18.3 Å². The van der Waals surface area contributed by atoms with Crippen molar-refractivity contribution in [3.05, 3.63) is 28.8 Å². The lowest BCUT2D eigenvalue weighted by Gasteiger charge is -2.20. The van der Waals surface area contributed by atoms with Gasteiger partial charge in [0.15, 0.2) is 0 Å². The molecular formula is C12H13ClN2O4S. The first-order valence-electron chi connectivity index (χ1n) is 5.74. The van der Waals surface area contributed by atoms with Gasteiger partial charge >= 0.3 is 5.97 Å². The predicted octanol–water partition coefficient (Wildman–Crippen LogP) is 1.96. The van der Waals surface area contributed by atoms with Crippen LogP contribution < -0.4 is 0 Å². The Morgan fingerprint density at radius 3 is 2.65 bits per heavy atom. The van der Waals surface area contributed by atoms with Gasteiger partial charge in [0.2, 0.25) is 10.0 Å². The van der Waals surface area contributed by atoms with Crippen LogP contribution in [0.3, 0.4) is 0 Å². The second-order valence-electron chi connectivity index (χ2n) is 3.86. The number of nitriles is 1. The van der Waals surface area contributed by atoms with E-state index < -0.39 is 16.0 Å². The number of hydrogen-bond acceptors (Lipinski definition) is 4. The highest BCUT2D eigenvalue weighted by Gasteiger charge is 2.26. The van der Waals surface area contributed by atoms with Gasteiger partial charge in [-0.25, -0.2) is 13.2 Å². The summed E-state index contributed by atoms with van der Waals surface area (Å²) in [5, 5.41) is 17.4. The van der Waals surface area contributed by atoms with Gasteiger partial charge in [-0.3, -0.25) is 0 Å². The van der Waals surface area contributed by atoms with Crippen LogP contribution in [0.4, 0.5) is 0 Å². The highest BCUT2D eigenvalue weighted by molar-refractivity contribution is 7.89. The highest BCUT2D eigenvalue weighted by Crippen LogP contribution is 2.26. The lowest BCUT2D eigenvalue weighted by molar-refractivity contribution is 0.0696. The van der Waals surface area contributed by atoms with Gasteiger partial charge < -0.3 is 5.11 Å². The Balaban J connectivity index is 3.30. The summed E-state index contributed by atoms with van der Waals surface area (Å²) in [6, 6.07) is 5.35. The van der Waals surface area contributed by atoms with Crippen molar-refractivity contribution in [2.24, 2.45) is 0 Å². The molecule has 0 radical (unpaired) electrons. The number of sulfonamides is 1. The molecule has 0 unspecified atom stereocenters. The van der Waals surface area contributed by atoms with Crippen LogP contribution in [-0.4, -0.2) is 36.9 Å². The summed E-state index contributed by atoms with van der Waals surface area (Å²) in [5.41, 5.74) is -0.163. The third-order valence-electron chi connectivity index (χ3n) is 2.62. The molecule has 0 amide bonds. The van der Waals surface area contributed by atoms with Crippen molar-refractivity contribution in [3.63, 3.8) is 0 Å². The van der Waals surface area contributed by atoms with Crippen LogP contribution >= 0.6 is 11.6 Å². The van der Waals surface area contributed by atoms with Crippen LogP contribution in [0.1, 0.15) is 23.7 Å². The molecule has 1 rings (SSSR count). The number of benzene rings is 1. The molecule has 0 spiro atoms. The Bertz CT molecular complexity index is 652. The maximum atomic E-state index is 12.4. The molecule has 0 aliphatic carbocycles. The van der Waals surface area contributed by atoms with E-state index in [2.05, 4.69) is 0 Å². The molecular weight excluding hydrogens is 304 g/mol. The van der Waals surface area contributed by atoms with Gasteiger partial charge in [-0.1, -0.05) is 18.5 Å². The molecule has 0 heterocycles. The summed E-state index contributed by atoms with van der Waals surface area (Å²) in [7, 11) is -3.92. The van der Waals surface area contributed by atoms with Crippen molar-refractivity contribution in [2.45, 2.75) is 18.2 Å². The van der Waals surface area contributed by atoms with E-state index in [1.54, 1.807) is 6.92 Å². The van der Waals surface area contributed by atoms with Gasteiger partial charge in [0.05, 0.1) is 16.7 Å². The maximum Gasteiger partial charge on any atom is 0.335 e. The number of nitrogens with zero attached hydrogens (tertiary/aromatic N) is 2. The number of carboxylic acids is 1. The summed E-state index contributed by atoms with van der Waals surface area (Å²) in [6.45, 7) is 1.82. The van der Waals surface area contributed by atoms with E-state index in [1.807, 2.05) is 6.07 Å². The van der Waals surface area contributed by atoms with Crippen molar-refractivity contribution >= 4 is 27.6 Å². The molecule has 8 heteroatoms. The Hall–Kier alpha value is -1.62. The third-order valence-corrected chi connectivity index (χ3v) is 5.08. The van der Waals surface area contributed by atoms with E-state index in [-0.39, 0.29) is 35.0 Å². The Morgan fingerprint density at radius 1 is 1.50 bits per heavy atom. The number of hydrogen-bond donors (Lipinski definition) is 1. The van der Waals surface area contributed by atoms with Gasteiger partial charge in [0.25, 0.3) is 0 Å². The minimum Gasteiger partial charge on any atom is -0.478 e. The molecule has 0 bridgehead atoms. The first-order chi connectivity index (χ1) is 9.34. The van der Waals surface area contributed by atoms with E-state index in [9.17, 15) is 13.2 Å². The van der Waals surface area contributed by atoms with E-state index in [0.29, 0.717) is 0 Å². The molecule has 0 aromatic heterocycles. The fraction of sp³-hybridized carbons (Fsp3) is 0.333. The second-order valence-corrected chi connectivity index (χ2v) is 6.17. The number of carboxylic acid groups (broad SMARTS) is 1. The van der Waals surface area contributed by atoms with Gasteiger partial charge in [-0.15, -0.1) is 0 Å². The van der Waals surface area contributed by atoms with Crippen molar-refractivity contribution in [3.8, 4) is 6.07 Å². The summed E-state index contributed by atoms with van der Waals surface area (Å²) in [6.07, 6.45) is 0.0450. The molecule has 0 aliphatic heterocycles. The average molecular weight is 317 g/mol. The number of carbonyl (C=O) groups is 1. The highest BCUT2D eigenvalue weighted by atomic mass is 35.5. The summed E-state index contributed by atoms with van der Waals surface area (Å²) in [5.74, 6) is -1.24. The molecule has 108 valence electrons. The largest absolute Gasteiger partial charge is 0.478 e. The standard InChI is InChI=1S/C12H13ClN2O4S/c1-2-15(7-3-6-14)20(18,19)11-8-9(12(16)17)4-5-10(11)13/h4-5,8H,2-3,7H2,1H3,(H,16,17). The smallest absolute Gasteiger partial charge is 0.335 e. The van der Waals surface area contributed by atoms with Crippen LogP contribution in [-0.2, 0) is 10.0 Å². The maximum absolute atomic E-state index is 12.4. The van der Waals surface area contributed by atoms with Crippen LogP contribution in [0, 0.1) is 11.3 Å².